The van der Waals surface area contributed by atoms with Crippen molar-refractivity contribution >= 4 is 11.6 Å². The second kappa shape index (κ2) is 5.59. The third-order valence-electron chi connectivity index (χ3n) is 4.16. The van der Waals surface area contributed by atoms with Gasteiger partial charge in [-0.15, -0.1) is 0 Å². The molecule has 0 saturated heterocycles. The van der Waals surface area contributed by atoms with Crippen molar-refractivity contribution in [2.75, 3.05) is 0 Å². The van der Waals surface area contributed by atoms with Gasteiger partial charge in [-0.1, -0.05) is 47.5 Å². The van der Waals surface area contributed by atoms with E-state index in [2.05, 4.69) is 55.6 Å². The number of benzene rings is 2. The Hall–Kier alpha value is -1.31. The molecule has 0 aliphatic heterocycles. The molecule has 1 aliphatic rings. The minimum atomic E-state index is 0.380. The maximum absolute atomic E-state index is 6.07. The first kappa shape index (κ1) is 13.7. The highest BCUT2D eigenvalue weighted by Crippen LogP contribution is 2.27. The molecule has 0 radical (unpaired) electrons. The van der Waals surface area contributed by atoms with Gasteiger partial charge in [0.15, 0.2) is 0 Å². The van der Waals surface area contributed by atoms with Crippen molar-refractivity contribution in [1.82, 2.24) is 5.32 Å². The van der Waals surface area contributed by atoms with Gasteiger partial charge in [0.05, 0.1) is 0 Å². The van der Waals surface area contributed by atoms with E-state index in [0.717, 1.165) is 17.9 Å². The molecule has 1 aliphatic carbocycles. The van der Waals surface area contributed by atoms with E-state index >= 15 is 0 Å². The molecule has 1 N–H and O–H groups in total. The van der Waals surface area contributed by atoms with Crippen LogP contribution in [0.5, 0.6) is 0 Å². The van der Waals surface area contributed by atoms with Crippen molar-refractivity contribution in [2.45, 2.75) is 38.8 Å². The van der Waals surface area contributed by atoms with Gasteiger partial charge in [-0.05, 0) is 55.5 Å². The Labute approximate surface area is 126 Å². The molecule has 1 nitrogen and oxygen atoms in total. The highest BCUT2D eigenvalue weighted by molar-refractivity contribution is 6.30. The van der Waals surface area contributed by atoms with Gasteiger partial charge in [0.1, 0.15) is 0 Å². The Kier molecular flexibility index (Phi) is 3.82. The predicted molar refractivity (Wildman–Crippen MR) is 85.4 cm³/mol. The minimum Gasteiger partial charge on any atom is -0.307 e. The lowest BCUT2D eigenvalue weighted by molar-refractivity contribution is 0.467. The molecule has 0 heterocycles. The zero-order chi connectivity index (χ0) is 14.1. The average Bonchev–Trinajstić information content (AvgIpc) is 2.80. The van der Waals surface area contributed by atoms with Crippen LogP contribution in [0.25, 0.3) is 0 Å². The molecule has 3 rings (SSSR count). The van der Waals surface area contributed by atoms with E-state index < -0.39 is 0 Å². The molecule has 0 aromatic heterocycles. The zero-order valence-electron chi connectivity index (χ0n) is 12.0. The molecule has 104 valence electrons. The van der Waals surface area contributed by atoms with Crippen LogP contribution in [0.3, 0.4) is 0 Å². The SMILES string of the molecule is Cc1ccc([C@H](C)NC2Cc3ccc(Cl)cc3C2)cc1. The fraction of sp³-hybridized carbons (Fsp3) is 0.333. The maximum atomic E-state index is 6.07. The van der Waals surface area contributed by atoms with Crippen LogP contribution in [-0.4, -0.2) is 6.04 Å². The molecule has 2 heteroatoms. The zero-order valence-corrected chi connectivity index (χ0v) is 12.7. The second-order valence-electron chi connectivity index (χ2n) is 5.82. The summed E-state index contributed by atoms with van der Waals surface area (Å²) in [5.74, 6) is 0. The topological polar surface area (TPSA) is 12.0 Å². The van der Waals surface area contributed by atoms with Gasteiger partial charge in [-0.2, -0.15) is 0 Å². The number of halogens is 1. The first-order valence-corrected chi connectivity index (χ1v) is 7.59. The van der Waals surface area contributed by atoms with Crippen molar-refractivity contribution in [1.29, 1.82) is 0 Å². The molecule has 0 spiro atoms. The maximum Gasteiger partial charge on any atom is 0.0408 e. The van der Waals surface area contributed by atoms with Crippen LogP contribution in [0, 0.1) is 6.92 Å². The summed E-state index contributed by atoms with van der Waals surface area (Å²) in [7, 11) is 0. The lowest BCUT2D eigenvalue weighted by atomic mass is 10.0. The van der Waals surface area contributed by atoms with E-state index in [1.807, 2.05) is 6.07 Å². The Bertz CT molecular complexity index is 603. The molecule has 2 aromatic carbocycles. The average molecular weight is 286 g/mol. The summed E-state index contributed by atoms with van der Waals surface area (Å²) in [6.45, 7) is 4.36. The highest BCUT2D eigenvalue weighted by atomic mass is 35.5. The van der Waals surface area contributed by atoms with Crippen molar-refractivity contribution in [2.24, 2.45) is 0 Å². The molecule has 2 atom stereocenters. The van der Waals surface area contributed by atoms with Crippen LogP contribution in [0.4, 0.5) is 0 Å². The van der Waals surface area contributed by atoms with E-state index in [0.29, 0.717) is 12.1 Å². The summed E-state index contributed by atoms with van der Waals surface area (Å²) >= 11 is 6.07. The smallest absolute Gasteiger partial charge is 0.0408 e. The van der Waals surface area contributed by atoms with E-state index in [4.69, 9.17) is 11.6 Å². The van der Waals surface area contributed by atoms with E-state index in [9.17, 15) is 0 Å². The van der Waals surface area contributed by atoms with Crippen LogP contribution in [-0.2, 0) is 12.8 Å². The molecule has 0 amide bonds. The van der Waals surface area contributed by atoms with Gasteiger partial charge in [-0.3, -0.25) is 0 Å². The number of hydrogen-bond donors (Lipinski definition) is 1. The first-order chi connectivity index (χ1) is 9.61. The number of nitrogens with one attached hydrogen (secondary N) is 1. The summed E-state index contributed by atoms with van der Waals surface area (Å²) < 4.78 is 0. The molecule has 0 fully saturated rings. The summed E-state index contributed by atoms with van der Waals surface area (Å²) in [4.78, 5) is 0. The Morgan fingerprint density at radius 1 is 1.05 bits per heavy atom. The summed E-state index contributed by atoms with van der Waals surface area (Å²) in [6.07, 6.45) is 2.18. The van der Waals surface area contributed by atoms with Crippen molar-refractivity contribution in [3.63, 3.8) is 0 Å². The van der Waals surface area contributed by atoms with Gasteiger partial charge in [0.25, 0.3) is 0 Å². The second-order valence-corrected chi connectivity index (χ2v) is 6.25. The van der Waals surface area contributed by atoms with Crippen LogP contribution < -0.4 is 5.32 Å². The van der Waals surface area contributed by atoms with Gasteiger partial charge in [-0.25, -0.2) is 0 Å². The van der Waals surface area contributed by atoms with Crippen LogP contribution in [0.1, 0.15) is 35.2 Å². The van der Waals surface area contributed by atoms with Crippen molar-refractivity contribution in [3.8, 4) is 0 Å². The van der Waals surface area contributed by atoms with Crippen molar-refractivity contribution < 1.29 is 0 Å². The fourth-order valence-electron chi connectivity index (χ4n) is 3.01. The molecular formula is C18H20ClN. The van der Waals surface area contributed by atoms with E-state index in [-0.39, 0.29) is 0 Å². The third kappa shape index (κ3) is 2.89. The number of aryl methyl sites for hydroxylation is 1. The van der Waals surface area contributed by atoms with E-state index in [1.54, 1.807) is 0 Å². The monoisotopic (exact) mass is 285 g/mol. The summed E-state index contributed by atoms with van der Waals surface area (Å²) in [5.41, 5.74) is 5.49. The van der Waals surface area contributed by atoms with Crippen LogP contribution >= 0.6 is 11.6 Å². The Balaban J connectivity index is 1.67. The largest absolute Gasteiger partial charge is 0.307 e. The summed E-state index contributed by atoms with van der Waals surface area (Å²) in [6, 6.07) is 15.9. The van der Waals surface area contributed by atoms with E-state index in [1.165, 1.54) is 22.3 Å². The van der Waals surface area contributed by atoms with Gasteiger partial charge >= 0.3 is 0 Å². The molecule has 0 saturated carbocycles. The predicted octanol–water partition coefficient (Wildman–Crippen LogP) is 4.47. The van der Waals surface area contributed by atoms with Gasteiger partial charge in [0.2, 0.25) is 0 Å². The Morgan fingerprint density at radius 3 is 2.50 bits per heavy atom. The van der Waals surface area contributed by atoms with Crippen LogP contribution in [0.15, 0.2) is 42.5 Å². The normalized spacial score (nSPS) is 18.9. The molecular weight excluding hydrogens is 266 g/mol. The Morgan fingerprint density at radius 2 is 1.75 bits per heavy atom. The number of fused-ring (bicyclic) bond motifs is 1. The van der Waals surface area contributed by atoms with Crippen LogP contribution in [0.2, 0.25) is 5.02 Å². The lowest BCUT2D eigenvalue weighted by Crippen LogP contribution is -2.32. The molecule has 1 unspecified atom stereocenters. The minimum absolute atomic E-state index is 0.380. The van der Waals surface area contributed by atoms with Crippen molar-refractivity contribution in [3.05, 3.63) is 69.7 Å². The molecule has 20 heavy (non-hydrogen) atoms. The quantitative estimate of drug-likeness (QED) is 0.877. The van der Waals surface area contributed by atoms with Gasteiger partial charge in [0, 0.05) is 17.1 Å². The number of rotatable bonds is 3. The number of hydrogen-bond acceptors (Lipinski definition) is 1. The molecule has 0 bridgehead atoms. The fourth-order valence-corrected chi connectivity index (χ4v) is 3.20. The first-order valence-electron chi connectivity index (χ1n) is 7.22. The third-order valence-corrected chi connectivity index (χ3v) is 4.40. The molecule has 2 aromatic rings. The van der Waals surface area contributed by atoms with Gasteiger partial charge < -0.3 is 5.32 Å². The standard InChI is InChI=1S/C18H20ClN/c1-12-3-5-14(6-4-12)13(2)20-18-10-15-7-8-17(19)9-16(15)11-18/h3-9,13,18,20H,10-11H2,1-2H3/t13-,18?/m0/s1. The lowest BCUT2D eigenvalue weighted by Gasteiger charge is -2.19. The highest BCUT2D eigenvalue weighted by Gasteiger charge is 2.22. The summed E-state index contributed by atoms with van der Waals surface area (Å²) in [5, 5.41) is 4.58.